The number of esters is 1. The van der Waals surface area contributed by atoms with Gasteiger partial charge in [0.15, 0.2) is 0 Å². The van der Waals surface area contributed by atoms with Crippen LogP contribution in [0.4, 0.5) is 5.69 Å². The van der Waals surface area contributed by atoms with E-state index < -0.39 is 27.2 Å². The smallest absolute Gasteiger partial charge is 0.341 e. The number of anilines is 1. The minimum absolute atomic E-state index is 0.300. The molecule has 1 amide bonds. The predicted octanol–water partition coefficient (Wildman–Crippen LogP) is 1.64. The van der Waals surface area contributed by atoms with Crippen molar-refractivity contribution in [2.24, 2.45) is 4.36 Å². The Morgan fingerprint density at radius 2 is 2.15 bits per heavy atom. The fourth-order valence-electron chi connectivity index (χ4n) is 3.63. The van der Waals surface area contributed by atoms with E-state index in [9.17, 15) is 13.8 Å². The molecule has 27 heavy (non-hydrogen) atoms. The Bertz CT molecular complexity index is 833. The Kier molecular flexibility index (Phi) is 5.81. The van der Waals surface area contributed by atoms with Crippen LogP contribution in [0.3, 0.4) is 0 Å². The average molecular weight is 395 g/mol. The van der Waals surface area contributed by atoms with Gasteiger partial charge in [0.1, 0.15) is 5.56 Å². The SMILES string of the molecule is CCOC(=O)c1cnccc1N1CCOC2(CCS(=O)(=NC(C)=O)CC2)C1. The van der Waals surface area contributed by atoms with Gasteiger partial charge < -0.3 is 14.4 Å². The summed E-state index contributed by atoms with van der Waals surface area (Å²) < 4.78 is 27.7. The third kappa shape index (κ3) is 4.47. The Hall–Kier alpha value is -2.00. The van der Waals surface area contributed by atoms with E-state index in [1.165, 1.54) is 13.1 Å². The number of rotatable bonds is 3. The molecule has 0 atom stereocenters. The van der Waals surface area contributed by atoms with Gasteiger partial charge in [-0.2, -0.15) is 4.36 Å². The highest BCUT2D eigenvalue weighted by Gasteiger charge is 2.42. The molecule has 0 aliphatic carbocycles. The van der Waals surface area contributed by atoms with Gasteiger partial charge in [-0.25, -0.2) is 9.00 Å². The first-order valence-corrected chi connectivity index (χ1v) is 10.9. The van der Waals surface area contributed by atoms with E-state index in [1.807, 2.05) is 6.07 Å². The van der Waals surface area contributed by atoms with Crippen molar-refractivity contribution in [1.82, 2.24) is 4.98 Å². The maximum atomic E-state index is 12.7. The van der Waals surface area contributed by atoms with Crippen LogP contribution in [-0.2, 0) is 24.0 Å². The fourth-order valence-corrected chi connectivity index (χ4v) is 5.86. The van der Waals surface area contributed by atoms with Crippen LogP contribution < -0.4 is 4.90 Å². The maximum absolute atomic E-state index is 12.7. The van der Waals surface area contributed by atoms with Gasteiger partial charge in [-0.05, 0) is 25.8 Å². The number of amides is 1. The highest BCUT2D eigenvalue weighted by atomic mass is 32.2. The van der Waals surface area contributed by atoms with Crippen LogP contribution in [0.15, 0.2) is 22.8 Å². The molecular weight excluding hydrogens is 370 g/mol. The first-order chi connectivity index (χ1) is 12.9. The van der Waals surface area contributed by atoms with Crippen LogP contribution in [0.25, 0.3) is 0 Å². The highest BCUT2D eigenvalue weighted by molar-refractivity contribution is 7.93. The molecule has 1 aromatic rings. The van der Waals surface area contributed by atoms with Crippen LogP contribution in [0.5, 0.6) is 0 Å². The second-order valence-electron chi connectivity index (χ2n) is 6.86. The number of nitrogens with zero attached hydrogens (tertiary/aromatic N) is 3. The molecule has 0 radical (unpaired) electrons. The summed E-state index contributed by atoms with van der Waals surface area (Å²) in [5.74, 6) is -0.0886. The monoisotopic (exact) mass is 395 g/mol. The maximum Gasteiger partial charge on any atom is 0.341 e. The fraction of sp³-hybridized carbons (Fsp3) is 0.611. The third-order valence-electron chi connectivity index (χ3n) is 4.93. The first-order valence-electron chi connectivity index (χ1n) is 9.09. The van der Waals surface area contributed by atoms with Crippen molar-refractivity contribution < 1.29 is 23.3 Å². The lowest BCUT2D eigenvalue weighted by Gasteiger charge is -2.46. The number of pyridine rings is 1. The number of morpholine rings is 1. The molecule has 0 saturated carbocycles. The zero-order chi connectivity index (χ0) is 19.5. The van der Waals surface area contributed by atoms with E-state index in [4.69, 9.17) is 9.47 Å². The number of ether oxygens (including phenoxy) is 2. The molecule has 0 unspecified atom stereocenters. The van der Waals surface area contributed by atoms with Crippen LogP contribution in [-0.4, -0.2) is 64.5 Å². The van der Waals surface area contributed by atoms with Crippen molar-refractivity contribution in [3.8, 4) is 0 Å². The lowest BCUT2D eigenvalue weighted by Crippen LogP contribution is -2.55. The van der Waals surface area contributed by atoms with Crippen LogP contribution in [0, 0.1) is 0 Å². The Balaban J connectivity index is 1.79. The number of aromatic nitrogens is 1. The normalized spacial score (nSPS) is 28.0. The van der Waals surface area contributed by atoms with Gasteiger partial charge in [-0.3, -0.25) is 9.78 Å². The lowest BCUT2D eigenvalue weighted by molar-refractivity contribution is -0.115. The molecule has 2 fully saturated rings. The van der Waals surface area contributed by atoms with E-state index in [0.717, 1.165) is 5.69 Å². The zero-order valence-corrected chi connectivity index (χ0v) is 16.5. The van der Waals surface area contributed by atoms with E-state index >= 15 is 0 Å². The lowest BCUT2D eigenvalue weighted by atomic mass is 9.93. The predicted molar refractivity (Wildman–Crippen MR) is 101 cm³/mol. The van der Waals surface area contributed by atoms with Crippen molar-refractivity contribution in [3.05, 3.63) is 24.0 Å². The minimum atomic E-state index is -2.48. The molecule has 0 N–H and O–H groups in total. The van der Waals surface area contributed by atoms with Gasteiger partial charge in [-0.1, -0.05) is 0 Å². The van der Waals surface area contributed by atoms with E-state index in [-0.39, 0.29) is 0 Å². The molecule has 3 rings (SSSR count). The van der Waals surface area contributed by atoms with Crippen molar-refractivity contribution in [2.45, 2.75) is 32.3 Å². The van der Waals surface area contributed by atoms with Gasteiger partial charge in [0, 0.05) is 43.9 Å². The summed E-state index contributed by atoms with van der Waals surface area (Å²) in [7, 11) is -2.48. The van der Waals surface area contributed by atoms with E-state index in [1.54, 1.807) is 13.1 Å². The summed E-state index contributed by atoms with van der Waals surface area (Å²) in [6.07, 6.45) is 4.31. The standard InChI is InChI=1S/C18H25N3O5S/c1-3-25-17(23)15-12-19-7-4-16(15)21-8-9-26-18(13-21)5-10-27(24,11-6-18)20-14(2)22/h4,7,12H,3,5-6,8-11,13H2,1-2H3. The van der Waals surface area contributed by atoms with Crippen LogP contribution >= 0.6 is 0 Å². The molecule has 9 heteroatoms. The summed E-state index contributed by atoms with van der Waals surface area (Å²) in [4.78, 5) is 29.7. The summed E-state index contributed by atoms with van der Waals surface area (Å²) in [5, 5.41) is 0. The molecule has 2 aliphatic heterocycles. The van der Waals surface area contributed by atoms with Crippen molar-refractivity contribution in [1.29, 1.82) is 0 Å². The summed E-state index contributed by atoms with van der Waals surface area (Å²) >= 11 is 0. The van der Waals surface area contributed by atoms with Gasteiger partial charge in [0.05, 0.1) is 34.2 Å². The summed E-state index contributed by atoms with van der Waals surface area (Å²) in [6.45, 7) is 5.13. The van der Waals surface area contributed by atoms with Gasteiger partial charge in [0.25, 0.3) is 5.91 Å². The molecule has 148 valence electrons. The van der Waals surface area contributed by atoms with Crippen LogP contribution in [0.2, 0.25) is 0 Å². The van der Waals surface area contributed by atoms with Crippen LogP contribution in [0.1, 0.15) is 37.0 Å². The van der Waals surface area contributed by atoms with E-state index in [2.05, 4.69) is 14.2 Å². The molecule has 3 heterocycles. The number of hydrogen-bond donors (Lipinski definition) is 0. The molecule has 0 bridgehead atoms. The topological polar surface area (TPSA) is 98.2 Å². The second kappa shape index (κ2) is 7.93. The number of carbonyl (C=O) groups excluding carboxylic acids is 2. The van der Waals surface area contributed by atoms with Gasteiger partial charge >= 0.3 is 5.97 Å². The molecule has 1 aromatic heterocycles. The van der Waals surface area contributed by atoms with Crippen molar-refractivity contribution in [2.75, 3.05) is 42.7 Å². The second-order valence-corrected chi connectivity index (χ2v) is 9.40. The minimum Gasteiger partial charge on any atom is -0.462 e. The third-order valence-corrected chi connectivity index (χ3v) is 7.20. The molecule has 8 nitrogen and oxygen atoms in total. The zero-order valence-electron chi connectivity index (χ0n) is 15.7. The van der Waals surface area contributed by atoms with Crippen molar-refractivity contribution >= 4 is 27.3 Å². The van der Waals surface area contributed by atoms with Crippen molar-refractivity contribution in [3.63, 3.8) is 0 Å². The largest absolute Gasteiger partial charge is 0.462 e. The Morgan fingerprint density at radius 3 is 2.81 bits per heavy atom. The first kappa shape index (κ1) is 19.8. The number of hydrogen-bond acceptors (Lipinski definition) is 7. The summed E-state index contributed by atoms with van der Waals surface area (Å²) in [5.41, 5.74) is 0.758. The molecule has 1 spiro atoms. The number of carbonyl (C=O) groups is 2. The van der Waals surface area contributed by atoms with E-state index in [0.29, 0.717) is 56.2 Å². The Morgan fingerprint density at radius 1 is 1.41 bits per heavy atom. The highest BCUT2D eigenvalue weighted by Crippen LogP contribution is 2.34. The van der Waals surface area contributed by atoms with Gasteiger partial charge in [-0.15, -0.1) is 0 Å². The Labute approximate surface area is 159 Å². The molecule has 2 aliphatic rings. The van der Waals surface area contributed by atoms with Gasteiger partial charge in [0.2, 0.25) is 0 Å². The molecule has 0 aromatic carbocycles. The average Bonchev–Trinajstić information content (AvgIpc) is 2.64. The summed E-state index contributed by atoms with van der Waals surface area (Å²) in [6, 6.07) is 1.81. The molecule has 2 saturated heterocycles. The molecular formula is C18H25N3O5S. The quantitative estimate of drug-likeness (QED) is 0.718.